The van der Waals surface area contributed by atoms with Crippen molar-refractivity contribution in [3.8, 4) is 11.1 Å². The third-order valence-corrected chi connectivity index (χ3v) is 4.49. The third kappa shape index (κ3) is 3.89. The number of nitrogens with one attached hydrogen (secondary N) is 2. The normalized spacial score (nSPS) is 20.8. The molecule has 3 N–H and O–H groups in total. The monoisotopic (exact) mass is 364 g/mol. The van der Waals surface area contributed by atoms with Gasteiger partial charge >= 0.3 is 0 Å². The zero-order valence-corrected chi connectivity index (χ0v) is 14.1. The van der Waals surface area contributed by atoms with Gasteiger partial charge in [-0.05, 0) is 24.5 Å². The lowest BCUT2D eigenvalue weighted by Gasteiger charge is -2.18. The van der Waals surface area contributed by atoms with Crippen LogP contribution < -0.4 is 10.6 Å². The molecule has 1 fully saturated rings. The van der Waals surface area contributed by atoms with E-state index in [9.17, 15) is 23.1 Å². The molecule has 138 valence electrons. The largest absolute Gasteiger partial charge is 0.392 e. The van der Waals surface area contributed by atoms with E-state index < -0.39 is 29.6 Å². The first-order valence-electron chi connectivity index (χ1n) is 8.32. The molecule has 1 amide bonds. The molecule has 0 radical (unpaired) electrons. The minimum Gasteiger partial charge on any atom is -0.392 e. The molecule has 1 aliphatic heterocycles. The number of β-amino-alcohol motifs (C(OH)–C–C–N with tert-alkyl or cyclic N) is 1. The van der Waals surface area contributed by atoms with Gasteiger partial charge in [0, 0.05) is 18.7 Å². The van der Waals surface area contributed by atoms with E-state index >= 15 is 0 Å². The van der Waals surface area contributed by atoms with Gasteiger partial charge in [0.2, 0.25) is 5.91 Å². The highest BCUT2D eigenvalue weighted by Gasteiger charge is 2.28. The van der Waals surface area contributed by atoms with E-state index in [-0.39, 0.29) is 23.1 Å². The highest BCUT2D eigenvalue weighted by Crippen LogP contribution is 2.28. The van der Waals surface area contributed by atoms with Crippen molar-refractivity contribution in [3.05, 3.63) is 59.4 Å². The fourth-order valence-corrected chi connectivity index (χ4v) is 3.07. The van der Waals surface area contributed by atoms with Crippen LogP contribution in [0.4, 0.5) is 13.2 Å². The summed E-state index contributed by atoms with van der Waals surface area (Å²) in [6.45, 7) is 2.17. The molecule has 2 aromatic rings. The van der Waals surface area contributed by atoms with Crippen molar-refractivity contribution in [2.75, 3.05) is 6.54 Å². The van der Waals surface area contributed by atoms with Crippen LogP contribution in [-0.4, -0.2) is 29.7 Å². The van der Waals surface area contributed by atoms with Crippen molar-refractivity contribution in [1.82, 2.24) is 10.6 Å². The SMILES string of the molecule is C[C@H](NC(=O)C1CC(O)CN1)c1ccc(-c2c(F)cc(F)cc2F)cc1. The molecule has 0 spiro atoms. The van der Waals surface area contributed by atoms with Crippen molar-refractivity contribution in [2.24, 2.45) is 0 Å². The van der Waals surface area contributed by atoms with E-state index in [4.69, 9.17) is 0 Å². The number of hydrogen-bond donors (Lipinski definition) is 3. The summed E-state index contributed by atoms with van der Waals surface area (Å²) in [5.41, 5.74) is 0.741. The zero-order valence-electron chi connectivity index (χ0n) is 14.1. The predicted octanol–water partition coefficient (Wildman–Crippen LogP) is 2.67. The van der Waals surface area contributed by atoms with Gasteiger partial charge in [-0.25, -0.2) is 13.2 Å². The molecule has 2 aromatic carbocycles. The number of rotatable bonds is 4. The van der Waals surface area contributed by atoms with Crippen LogP contribution in [0.15, 0.2) is 36.4 Å². The third-order valence-electron chi connectivity index (χ3n) is 4.49. The molecule has 0 aromatic heterocycles. The number of aliphatic hydroxyl groups is 1. The first kappa shape index (κ1) is 18.4. The van der Waals surface area contributed by atoms with E-state index in [2.05, 4.69) is 10.6 Å². The zero-order chi connectivity index (χ0) is 18.8. The summed E-state index contributed by atoms with van der Waals surface area (Å²) in [4.78, 5) is 12.2. The Balaban J connectivity index is 1.72. The molecular formula is C19H19F3N2O2. The molecule has 2 unspecified atom stereocenters. The summed E-state index contributed by atoms with van der Waals surface area (Å²) >= 11 is 0. The molecule has 3 atom stereocenters. The molecule has 4 nitrogen and oxygen atoms in total. The van der Waals surface area contributed by atoms with E-state index in [0.717, 1.165) is 5.56 Å². The van der Waals surface area contributed by atoms with Gasteiger partial charge in [-0.3, -0.25) is 4.79 Å². The Morgan fingerprint density at radius 3 is 2.35 bits per heavy atom. The molecule has 26 heavy (non-hydrogen) atoms. The summed E-state index contributed by atoms with van der Waals surface area (Å²) in [6, 6.07) is 6.87. The van der Waals surface area contributed by atoms with Crippen molar-refractivity contribution >= 4 is 5.91 Å². The molecular weight excluding hydrogens is 345 g/mol. The maximum absolute atomic E-state index is 13.9. The molecule has 0 bridgehead atoms. The summed E-state index contributed by atoms with van der Waals surface area (Å²) in [7, 11) is 0. The number of aliphatic hydroxyl groups excluding tert-OH is 1. The molecule has 0 aliphatic carbocycles. The standard InChI is InChI=1S/C19H19F3N2O2/c1-10(24-19(26)17-8-14(25)9-23-17)11-2-4-12(5-3-11)18-15(21)6-13(20)7-16(18)22/h2-7,10,14,17,23,25H,8-9H2,1H3,(H,24,26)/t10-,14?,17?/m0/s1. The highest BCUT2D eigenvalue weighted by molar-refractivity contribution is 5.82. The first-order chi connectivity index (χ1) is 12.3. The van der Waals surface area contributed by atoms with Crippen LogP contribution in [0.25, 0.3) is 11.1 Å². The van der Waals surface area contributed by atoms with Gasteiger partial charge in [0.25, 0.3) is 0 Å². The van der Waals surface area contributed by atoms with Gasteiger partial charge in [0.05, 0.1) is 23.8 Å². The smallest absolute Gasteiger partial charge is 0.237 e. The second-order valence-corrected chi connectivity index (χ2v) is 6.45. The molecule has 7 heteroatoms. The molecule has 1 heterocycles. The lowest BCUT2D eigenvalue weighted by molar-refractivity contribution is -0.123. The molecule has 0 saturated carbocycles. The van der Waals surface area contributed by atoms with Crippen LogP contribution in [0.5, 0.6) is 0 Å². The Bertz CT molecular complexity index is 788. The van der Waals surface area contributed by atoms with Gasteiger partial charge in [-0.2, -0.15) is 0 Å². The number of carbonyl (C=O) groups excluding carboxylic acids is 1. The highest BCUT2D eigenvalue weighted by atomic mass is 19.1. The summed E-state index contributed by atoms with van der Waals surface area (Å²) in [6.07, 6.45) is -0.165. The minimum absolute atomic E-state index is 0.214. The fourth-order valence-electron chi connectivity index (χ4n) is 3.07. The first-order valence-corrected chi connectivity index (χ1v) is 8.32. The number of benzene rings is 2. The van der Waals surface area contributed by atoms with Crippen LogP contribution in [-0.2, 0) is 4.79 Å². The fraction of sp³-hybridized carbons (Fsp3) is 0.316. The molecule has 3 rings (SSSR count). The minimum atomic E-state index is -0.970. The Hall–Kier alpha value is -2.38. The summed E-state index contributed by atoms with van der Waals surface area (Å²) in [5, 5.41) is 15.2. The average molecular weight is 364 g/mol. The van der Waals surface area contributed by atoms with E-state index in [0.29, 0.717) is 25.1 Å². The average Bonchev–Trinajstić information content (AvgIpc) is 3.01. The topological polar surface area (TPSA) is 61.4 Å². The number of halogens is 3. The quantitative estimate of drug-likeness (QED) is 0.782. The number of carbonyl (C=O) groups is 1. The van der Waals surface area contributed by atoms with E-state index in [1.165, 1.54) is 12.1 Å². The van der Waals surface area contributed by atoms with Gasteiger partial charge < -0.3 is 15.7 Å². The lowest BCUT2D eigenvalue weighted by Crippen LogP contribution is -2.41. The Labute approximate surface area is 149 Å². The van der Waals surface area contributed by atoms with Crippen molar-refractivity contribution in [1.29, 1.82) is 0 Å². The van der Waals surface area contributed by atoms with Crippen LogP contribution >= 0.6 is 0 Å². The van der Waals surface area contributed by atoms with Gasteiger partial charge in [0.1, 0.15) is 17.5 Å². The van der Waals surface area contributed by atoms with Crippen LogP contribution in [0.1, 0.15) is 24.9 Å². The lowest BCUT2D eigenvalue weighted by atomic mass is 10.00. The Morgan fingerprint density at radius 1 is 1.19 bits per heavy atom. The Kier molecular flexibility index (Phi) is 5.29. The van der Waals surface area contributed by atoms with Gasteiger partial charge in [0.15, 0.2) is 0 Å². The van der Waals surface area contributed by atoms with Crippen molar-refractivity contribution in [2.45, 2.75) is 31.5 Å². The van der Waals surface area contributed by atoms with E-state index in [1.54, 1.807) is 19.1 Å². The molecule has 1 saturated heterocycles. The summed E-state index contributed by atoms with van der Waals surface area (Å²) < 4.78 is 40.8. The Morgan fingerprint density at radius 2 is 1.81 bits per heavy atom. The second-order valence-electron chi connectivity index (χ2n) is 6.45. The van der Waals surface area contributed by atoms with E-state index in [1.807, 2.05) is 0 Å². The van der Waals surface area contributed by atoms with Gasteiger partial charge in [-0.15, -0.1) is 0 Å². The van der Waals surface area contributed by atoms with Gasteiger partial charge in [-0.1, -0.05) is 24.3 Å². The number of hydrogen-bond acceptors (Lipinski definition) is 3. The van der Waals surface area contributed by atoms with Crippen LogP contribution in [0.3, 0.4) is 0 Å². The molecule has 1 aliphatic rings. The number of amides is 1. The van der Waals surface area contributed by atoms with Crippen molar-refractivity contribution in [3.63, 3.8) is 0 Å². The predicted molar refractivity (Wildman–Crippen MR) is 90.7 cm³/mol. The van der Waals surface area contributed by atoms with Crippen LogP contribution in [0, 0.1) is 17.5 Å². The second kappa shape index (κ2) is 7.47. The maximum atomic E-state index is 13.9. The van der Waals surface area contributed by atoms with Crippen molar-refractivity contribution < 1.29 is 23.1 Å². The van der Waals surface area contributed by atoms with Crippen LogP contribution in [0.2, 0.25) is 0 Å². The summed E-state index contributed by atoms with van der Waals surface area (Å²) in [5.74, 6) is -3.12. The maximum Gasteiger partial charge on any atom is 0.237 e.